The fourth-order valence-electron chi connectivity index (χ4n) is 3.26. The van der Waals surface area contributed by atoms with Gasteiger partial charge in [-0.05, 0) is 44.0 Å². The van der Waals surface area contributed by atoms with E-state index in [2.05, 4.69) is 10.6 Å². The van der Waals surface area contributed by atoms with Crippen molar-refractivity contribution in [3.8, 4) is 0 Å². The Kier molecular flexibility index (Phi) is 5.53. The third-order valence-electron chi connectivity index (χ3n) is 4.48. The van der Waals surface area contributed by atoms with Crippen LogP contribution >= 0.6 is 0 Å². The molecule has 0 spiro atoms. The number of carbonyl (C=O) groups excluding carboxylic acids is 3. The Morgan fingerprint density at radius 2 is 1.82 bits per heavy atom. The van der Waals surface area contributed by atoms with Gasteiger partial charge in [0.25, 0.3) is 5.91 Å². The molecule has 0 aliphatic carbocycles. The topological polar surface area (TPSA) is 91.7 Å². The minimum absolute atomic E-state index is 0.142. The van der Waals surface area contributed by atoms with Gasteiger partial charge in [-0.1, -0.05) is 24.3 Å². The zero-order chi connectivity index (χ0) is 20.3. The fourth-order valence-corrected chi connectivity index (χ4v) is 3.26. The Balaban J connectivity index is 1.76. The van der Waals surface area contributed by atoms with E-state index in [0.717, 1.165) is 11.1 Å². The third kappa shape index (κ3) is 4.60. The number of amides is 3. The number of hydrogen-bond donors (Lipinski definition) is 2. The summed E-state index contributed by atoms with van der Waals surface area (Å²) < 4.78 is 5.23. The summed E-state index contributed by atoms with van der Waals surface area (Å²) in [6.07, 6.45) is 1.81. The van der Waals surface area contributed by atoms with Gasteiger partial charge in [-0.2, -0.15) is 0 Å². The summed E-state index contributed by atoms with van der Waals surface area (Å²) in [5, 5.41) is 5.46. The molecule has 2 heterocycles. The Bertz CT molecular complexity index is 868. The molecule has 0 fully saturated rings. The van der Waals surface area contributed by atoms with Gasteiger partial charge in [0.15, 0.2) is 5.76 Å². The molecule has 0 bridgehead atoms. The minimum atomic E-state index is -0.713. The lowest BCUT2D eigenvalue weighted by molar-refractivity contribution is -0.129. The van der Waals surface area contributed by atoms with Crippen LogP contribution in [-0.4, -0.2) is 40.7 Å². The lowest BCUT2D eigenvalue weighted by Gasteiger charge is -2.35. The van der Waals surface area contributed by atoms with Crippen LogP contribution in [-0.2, 0) is 22.6 Å². The SMILES string of the molecule is CC(C)(C)NC(=O)CNC(=O)C1Cc2ccccc2CN1C(=O)c1ccco1. The van der Waals surface area contributed by atoms with Crippen molar-refractivity contribution >= 4 is 17.7 Å². The van der Waals surface area contributed by atoms with Crippen molar-refractivity contribution in [2.24, 2.45) is 0 Å². The average Bonchev–Trinajstić information content (AvgIpc) is 3.18. The van der Waals surface area contributed by atoms with E-state index in [9.17, 15) is 14.4 Å². The largest absolute Gasteiger partial charge is 0.459 e. The molecule has 0 radical (unpaired) electrons. The van der Waals surface area contributed by atoms with E-state index in [1.54, 1.807) is 12.1 Å². The number of benzene rings is 1. The molecule has 1 aliphatic rings. The van der Waals surface area contributed by atoms with Gasteiger partial charge in [-0.3, -0.25) is 14.4 Å². The summed E-state index contributed by atoms with van der Waals surface area (Å²) in [5.74, 6) is -0.805. The summed E-state index contributed by atoms with van der Waals surface area (Å²) in [5.41, 5.74) is 1.63. The molecule has 1 aromatic carbocycles. The smallest absolute Gasteiger partial charge is 0.290 e. The zero-order valence-electron chi connectivity index (χ0n) is 16.3. The maximum atomic E-state index is 12.9. The first kappa shape index (κ1) is 19.7. The van der Waals surface area contributed by atoms with E-state index in [-0.39, 0.29) is 35.6 Å². The van der Waals surface area contributed by atoms with Crippen molar-refractivity contribution in [1.82, 2.24) is 15.5 Å². The second-order valence-electron chi connectivity index (χ2n) is 7.91. The zero-order valence-corrected chi connectivity index (χ0v) is 16.3. The first-order chi connectivity index (χ1) is 13.2. The molecule has 2 aromatic rings. The molecule has 1 aliphatic heterocycles. The van der Waals surface area contributed by atoms with Crippen LogP contribution in [0.15, 0.2) is 47.1 Å². The molecule has 28 heavy (non-hydrogen) atoms. The molecule has 148 valence electrons. The molecular weight excluding hydrogens is 358 g/mol. The standard InChI is InChI=1S/C21H25N3O4/c1-21(2,3)23-18(25)12-22-19(26)16-11-14-7-4-5-8-15(14)13-24(16)20(27)17-9-6-10-28-17/h4-10,16H,11-13H2,1-3H3,(H,22,26)(H,23,25). The van der Waals surface area contributed by atoms with Crippen LogP contribution in [0, 0.1) is 0 Å². The molecule has 1 unspecified atom stereocenters. The molecular formula is C21H25N3O4. The highest BCUT2D eigenvalue weighted by atomic mass is 16.3. The molecule has 2 N–H and O–H groups in total. The highest BCUT2D eigenvalue weighted by Gasteiger charge is 2.36. The first-order valence-corrected chi connectivity index (χ1v) is 9.24. The molecule has 3 rings (SSSR count). The van der Waals surface area contributed by atoms with Crippen molar-refractivity contribution < 1.29 is 18.8 Å². The number of nitrogens with one attached hydrogen (secondary N) is 2. The third-order valence-corrected chi connectivity index (χ3v) is 4.48. The molecule has 7 heteroatoms. The van der Waals surface area contributed by atoms with Gasteiger partial charge in [0, 0.05) is 18.5 Å². The Labute approximate surface area is 164 Å². The number of fused-ring (bicyclic) bond motifs is 1. The predicted octanol–water partition coefficient (Wildman–Crippen LogP) is 1.88. The summed E-state index contributed by atoms with van der Waals surface area (Å²) in [6.45, 7) is 5.77. The Morgan fingerprint density at radius 3 is 2.46 bits per heavy atom. The van der Waals surface area contributed by atoms with Crippen molar-refractivity contribution in [2.45, 2.75) is 45.3 Å². The first-order valence-electron chi connectivity index (χ1n) is 9.24. The number of hydrogen-bond acceptors (Lipinski definition) is 4. The van der Waals surface area contributed by atoms with Gasteiger partial charge in [-0.25, -0.2) is 0 Å². The van der Waals surface area contributed by atoms with Crippen molar-refractivity contribution in [3.63, 3.8) is 0 Å². The van der Waals surface area contributed by atoms with Crippen LogP contribution in [0.1, 0.15) is 42.5 Å². The van der Waals surface area contributed by atoms with E-state index in [0.29, 0.717) is 13.0 Å². The van der Waals surface area contributed by atoms with Gasteiger partial charge < -0.3 is 20.0 Å². The number of carbonyl (C=O) groups is 3. The predicted molar refractivity (Wildman–Crippen MR) is 103 cm³/mol. The molecule has 0 saturated heterocycles. The van der Waals surface area contributed by atoms with Crippen LogP contribution in [0.5, 0.6) is 0 Å². The Hall–Kier alpha value is -3.09. The number of furan rings is 1. The Morgan fingerprint density at radius 1 is 1.11 bits per heavy atom. The van der Waals surface area contributed by atoms with Crippen LogP contribution in [0.3, 0.4) is 0 Å². The monoisotopic (exact) mass is 383 g/mol. The van der Waals surface area contributed by atoms with Crippen LogP contribution in [0.25, 0.3) is 0 Å². The van der Waals surface area contributed by atoms with Gasteiger partial charge >= 0.3 is 0 Å². The number of nitrogens with zero attached hydrogens (tertiary/aromatic N) is 1. The molecule has 7 nitrogen and oxygen atoms in total. The van der Waals surface area contributed by atoms with E-state index in [4.69, 9.17) is 4.42 Å². The second-order valence-corrected chi connectivity index (χ2v) is 7.91. The summed E-state index contributed by atoms with van der Waals surface area (Å²) in [4.78, 5) is 39.3. The average molecular weight is 383 g/mol. The molecule has 0 saturated carbocycles. The molecule has 1 aromatic heterocycles. The molecule has 3 amide bonds. The van der Waals surface area contributed by atoms with E-state index < -0.39 is 6.04 Å². The quantitative estimate of drug-likeness (QED) is 0.843. The normalized spacial score (nSPS) is 16.2. The second kappa shape index (κ2) is 7.88. The minimum Gasteiger partial charge on any atom is -0.459 e. The van der Waals surface area contributed by atoms with Crippen molar-refractivity contribution in [1.29, 1.82) is 0 Å². The van der Waals surface area contributed by atoms with Gasteiger partial charge in [-0.15, -0.1) is 0 Å². The van der Waals surface area contributed by atoms with Crippen LogP contribution < -0.4 is 10.6 Å². The molecule has 1 atom stereocenters. The van der Waals surface area contributed by atoms with E-state index in [1.165, 1.54) is 11.2 Å². The highest BCUT2D eigenvalue weighted by molar-refractivity contribution is 5.96. The van der Waals surface area contributed by atoms with Crippen molar-refractivity contribution in [3.05, 3.63) is 59.5 Å². The van der Waals surface area contributed by atoms with E-state index >= 15 is 0 Å². The van der Waals surface area contributed by atoms with Gasteiger partial charge in [0.05, 0.1) is 12.8 Å². The van der Waals surface area contributed by atoms with Crippen molar-refractivity contribution in [2.75, 3.05) is 6.54 Å². The fraction of sp³-hybridized carbons (Fsp3) is 0.381. The van der Waals surface area contributed by atoms with Crippen LogP contribution in [0.4, 0.5) is 0 Å². The summed E-state index contributed by atoms with van der Waals surface area (Å²) >= 11 is 0. The van der Waals surface area contributed by atoms with E-state index in [1.807, 2.05) is 45.0 Å². The van der Waals surface area contributed by atoms with Gasteiger partial charge in [0.1, 0.15) is 6.04 Å². The van der Waals surface area contributed by atoms with Gasteiger partial charge in [0.2, 0.25) is 11.8 Å². The lowest BCUT2D eigenvalue weighted by Crippen LogP contribution is -2.54. The summed E-state index contributed by atoms with van der Waals surface area (Å²) in [6, 6.07) is 10.2. The summed E-state index contributed by atoms with van der Waals surface area (Å²) in [7, 11) is 0. The number of rotatable bonds is 4. The maximum Gasteiger partial charge on any atom is 0.290 e. The highest BCUT2D eigenvalue weighted by Crippen LogP contribution is 2.25. The maximum absolute atomic E-state index is 12.9. The lowest BCUT2D eigenvalue weighted by atomic mass is 9.93. The van der Waals surface area contributed by atoms with Crippen LogP contribution in [0.2, 0.25) is 0 Å².